The highest BCUT2D eigenvalue weighted by atomic mass is 19.1. The molecule has 1 aromatic rings. The summed E-state index contributed by atoms with van der Waals surface area (Å²) in [5.74, 6) is -0.616. The van der Waals surface area contributed by atoms with Gasteiger partial charge in [0, 0.05) is 20.1 Å². The molecule has 4 heteroatoms. The zero-order chi connectivity index (χ0) is 11.8. The van der Waals surface area contributed by atoms with Gasteiger partial charge in [-0.05, 0) is 24.1 Å². The molecule has 1 rings (SSSR count). The van der Waals surface area contributed by atoms with Gasteiger partial charge in [-0.3, -0.25) is 4.79 Å². The number of ether oxygens (including phenoxy) is 2. The van der Waals surface area contributed by atoms with E-state index in [0.29, 0.717) is 25.0 Å². The highest BCUT2D eigenvalue weighted by molar-refractivity contribution is 5.69. The van der Waals surface area contributed by atoms with Crippen LogP contribution in [0.25, 0.3) is 0 Å². The van der Waals surface area contributed by atoms with Crippen molar-refractivity contribution < 1.29 is 18.7 Å². The average molecular weight is 226 g/mol. The summed E-state index contributed by atoms with van der Waals surface area (Å²) in [6.45, 7) is 0.651. The molecular formula is C12H15FO3. The van der Waals surface area contributed by atoms with Crippen molar-refractivity contribution >= 4 is 5.97 Å². The zero-order valence-corrected chi connectivity index (χ0v) is 9.24. The molecule has 0 aliphatic heterocycles. The average Bonchev–Trinajstić information content (AvgIpc) is 2.27. The van der Waals surface area contributed by atoms with Crippen molar-refractivity contribution in [2.45, 2.75) is 19.4 Å². The van der Waals surface area contributed by atoms with Crippen LogP contribution in [0, 0.1) is 5.82 Å². The fraction of sp³-hybridized carbons (Fsp3) is 0.417. The lowest BCUT2D eigenvalue weighted by molar-refractivity contribution is -0.145. The maximum absolute atomic E-state index is 12.8. The van der Waals surface area contributed by atoms with Gasteiger partial charge in [0.15, 0.2) is 0 Å². The van der Waals surface area contributed by atoms with E-state index in [1.54, 1.807) is 19.2 Å². The van der Waals surface area contributed by atoms with Crippen LogP contribution >= 0.6 is 0 Å². The highest BCUT2D eigenvalue weighted by Gasteiger charge is 2.03. The molecule has 0 heterocycles. The predicted molar refractivity (Wildman–Crippen MR) is 57.3 cm³/mol. The Morgan fingerprint density at radius 1 is 1.44 bits per heavy atom. The Morgan fingerprint density at radius 3 is 2.94 bits per heavy atom. The summed E-state index contributed by atoms with van der Waals surface area (Å²) in [4.78, 5) is 11.2. The quantitative estimate of drug-likeness (QED) is 0.551. The van der Waals surface area contributed by atoms with Gasteiger partial charge in [0.2, 0.25) is 0 Å². The second kappa shape index (κ2) is 6.95. The van der Waals surface area contributed by atoms with Gasteiger partial charge in [0.25, 0.3) is 0 Å². The van der Waals surface area contributed by atoms with E-state index in [1.807, 2.05) is 0 Å². The molecule has 16 heavy (non-hydrogen) atoms. The normalized spacial score (nSPS) is 10.1. The number of rotatable bonds is 6. The van der Waals surface area contributed by atoms with Crippen LogP contribution < -0.4 is 0 Å². The van der Waals surface area contributed by atoms with Crippen LogP contribution in [0.2, 0.25) is 0 Å². The monoisotopic (exact) mass is 226 g/mol. The van der Waals surface area contributed by atoms with Crippen molar-refractivity contribution in [3.63, 3.8) is 0 Å². The standard InChI is InChI=1S/C12H15FO3/c1-15-7-3-6-12(14)16-9-10-4-2-5-11(13)8-10/h2,4-5,8H,3,6-7,9H2,1H3. The summed E-state index contributed by atoms with van der Waals surface area (Å²) >= 11 is 0. The van der Waals surface area contributed by atoms with Crippen LogP contribution in [0.4, 0.5) is 4.39 Å². The number of esters is 1. The molecule has 0 aliphatic rings. The second-order valence-corrected chi connectivity index (χ2v) is 3.39. The summed E-state index contributed by atoms with van der Waals surface area (Å²) in [6, 6.07) is 6.00. The van der Waals surface area contributed by atoms with Crippen LogP contribution in [-0.2, 0) is 20.9 Å². The molecule has 0 fully saturated rings. The van der Waals surface area contributed by atoms with Gasteiger partial charge in [-0.1, -0.05) is 12.1 Å². The van der Waals surface area contributed by atoms with E-state index in [2.05, 4.69) is 0 Å². The molecule has 0 amide bonds. The number of hydrogen-bond donors (Lipinski definition) is 0. The third kappa shape index (κ3) is 4.89. The minimum absolute atomic E-state index is 0.115. The first-order valence-electron chi connectivity index (χ1n) is 5.11. The van der Waals surface area contributed by atoms with Crippen molar-refractivity contribution in [2.24, 2.45) is 0 Å². The van der Waals surface area contributed by atoms with Gasteiger partial charge in [-0.2, -0.15) is 0 Å². The lowest BCUT2D eigenvalue weighted by atomic mass is 10.2. The van der Waals surface area contributed by atoms with Crippen LogP contribution in [0.3, 0.4) is 0 Å². The first-order valence-corrected chi connectivity index (χ1v) is 5.11. The third-order valence-corrected chi connectivity index (χ3v) is 2.02. The van der Waals surface area contributed by atoms with E-state index in [9.17, 15) is 9.18 Å². The van der Waals surface area contributed by atoms with Gasteiger partial charge < -0.3 is 9.47 Å². The summed E-state index contributed by atoms with van der Waals surface area (Å²) in [5.41, 5.74) is 0.653. The lowest BCUT2D eigenvalue weighted by Crippen LogP contribution is -2.05. The van der Waals surface area contributed by atoms with Crippen molar-refractivity contribution in [2.75, 3.05) is 13.7 Å². The molecule has 0 unspecified atom stereocenters. The van der Waals surface area contributed by atoms with E-state index >= 15 is 0 Å². The van der Waals surface area contributed by atoms with Crippen LogP contribution in [0.5, 0.6) is 0 Å². The van der Waals surface area contributed by atoms with Gasteiger partial charge in [0.1, 0.15) is 12.4 Å². The van der Waals surface area contributed by atoms with E-state index in [-0.39, 0.29) is 18.4 Å². The molecule has 3 nitrogen and oxygen atoms in total. The molecule has 0 saturated carbocycles. The van der Waals surface area contributed by atoms with Crippen LogP contribution in [-0.4, -0.2) is 19.7 Å². The largest absolute Gasteiger partial charge is 0.461 e. The molecule has 0 radical (unpaired) electrons. The highest BCUT2D eigenvalue weighted by Crippen LogP contribution is 2.06. The lowest BCUT2D eigenvalue weighted by Gasteiger charge is -2.04. The Bertz CT molecular complexity index is 339. The zero-order valence-electron chi connectivity index (χ0n) is 9.24. The van der Waals surface area contributed by atoms with Gasteiger partial charge in [-0.25, -0.2) is 4.39 Å². The summed E-state index contributed by atoms with van der Waals surface area (Å²) in [7, 11) is 1.58. The third-order valence-electron chi connectivity index (χ3n) is 2.02. The van der Waals surface area contributed by atoms with Gasteiger partial charge >= 0.3 is 5.97 Å². The van der Waals surface area contributed by atoms with Crippen molar-refractivity contribution in [1.29, 1.82) is 0 Å². The maximum Gasteiger partial charge on any atom is 0.306 e. The smallest absolute Gasteiger partial charge is 0.306 e. The maximum atomic E-state index is 12.8. The summed E-state index contributed by atoms with van der Waals surface area (Å²) < 4.78 is 22.6. The molecule has 0 bridgehead atoms. The SMILES string of the molecule is COCCCC(=O)OCc1cccc(F)c1. The fourth-order valence-corrected chi connectivity index (χ4v) is 1.22. The minimum Gasteiger partial charge on any atom is -0.461 e. The van der Waals surface area contributed by atoms with Crippen LogP contribution in [0.1, 0.15) is 18.4 Å². The van der Waals surface area contributed by atoms with Crippen LogP contribution in [0.15, 0.2) is 24.3 Å². The minimum atomic E-state index is -0.326. The topological polar surface area (TPSA) is 35.5 Å². The number of methoxy groups -OCH3 is 1. The number of hydrogen-bond acceptors (Lipinski definition) is 3. The second-order valence-electron chi connectivity index (χ2n) is 3.39. The van der Waals surface area contributed by atoms with E-state index in [0.717, 1.165) is 0 Å². The Hall–Kier alpha value is -1.42. The molecule has 0 atom stereocenters. The van der Waals surface area contributed by atoms with Gasteiger partial charge in [0.05, 0.1) is 0 Å². The van der Waals surface area contributed by atoms with E-state index in [4.69, 9.17) is 9.47 Å². The summed E-state index contributed by atoms with van der Waals surface area (Å²) in [5, 5.41) is 0. The summed E-state index contributed by atoms with van der Waals surface area (Å²) in [6.07, 6.45) is 0.960. The molecule has 1 aromatic carbocycles. The Labute approximate surface area is 94.2 Å². The molecule has 0 spiro atoms. The number of benzene rings is 1. The van der Waals surface area contributed by atoms with Crippen molar-refractivity contribution in [3.05, 3.63) is 35.6 Å². The van der Waals surface area contributed by atoms with Gasteiger partial charge in [-0.15, -0.1) is 0 Å². The first-order chi connectivity index (χ1) is 7.72. The molecular weight excluding hydrogens is 211 g/mol. The van der Waals surface area contributed by atoms with E-state index < -0.39 is 0 Å². The predicted octanol–water partition coefficient (Wildman–Crippen LogP) is 2.30. The molecule has 88 valence electrons. The Kier molecular flexibility index (Phi) is 5.50. The molecule has 0 aromatic heterocycles. The first kappa shape index (κ1) is 12.6. The molecule has 0 aliphatic carbocycles. The number of halogens is 1. The molecule has 0 N–H and O–H groups in total. The Balaban J connectivity index is 2.26. The van der Waals surface area contributed by atoms with Crippen molar-refractivity contribution in [1.82, 2.24) is 0 Å². The van der Waals surface area contributed by atoms with Crippen molar-refractivity contribution in [3.8, 4) is 0 Å². The fourth-order valence-electron chi connectivity index (χ4n) is 1.22. The number of carbonyl (C=O) groups excluding carboxylic acids is 1. The molecule has 0 saturated heterocycles. The Morgan fingerprint density at radius 2 is 2.25 bits per heavy atom. The van der Waals surface area contributed by atoms with E-state index in [1.165, 1.54) is 12.1 Å². The number of carbonyl (C=O) groups is 1.